The Balaban J connectivity index is 1.74. The molecule has 0 amide bonds. The number of hydrogen-bond donors (Lipinski definition) is 3. The number of fused-ring (bicyclic) bond motifs is 2. The predicted molar refractivity (Wildman–Crippen MR) is 131 cm³/mol. The smallest absolute Gasteiger partial charge is 0.121 e. The minimum absolute atomic E-state index is 0.0481. The van der Waals surface area contributed by atoms with Crippen LogP contribution in [0.25, 0.3) is 21.5 Å². The van der Waals surface area contributed by atoms with Crippen LogP contribution in [0.3, 0.4) is 0 Å². The lowest BCUT2D eigenvalue weighted by molar-refractivity contribution is 0.449. The highest BCUT2D eigenvalue weighted by atomic mass is 16.3. The summed E-state index contributed by atoms with van der Waals surface area (Å²) in [5, 5.41) is 28.9. The monoisotopic (exact) mass is 419 g/mol. The Labute approximate surface area is 187 Å². The van der Waals surface area contributed by atoms with Crippen molar-refractivity contribution in [2.45, 2.75) is 19.0 Å². The highest BCUT2D eigenvalue weighted by molar-refractivity contribution is 5.92. The molecule has 5 rings (SSSR count). The molecular weight excluding hydrogens is 394 g/mol. The fourth-order valence-corrected chi connectivity index (χ4v) is 4.55. The summed E-state index contributed by atoms with van der Waals surface area (Å²) in [5.41, 5.74) is 3.08. The molecule has 3 N–H and O–H groups in total. The van der Waals surface area contributed by atoms with Gasteiger partial charge in [-0.05, 0) is 57.8 Å². The standard InChI is InChI=1S/C29H25NO2/c1-19(20-8-3-2-4-9-20)30-29(26-13-7-11-21-10-5-6-12-24(21)26)28-25-16-15-23(31)18-22(25)14-17-27(28)32/h2-19,29-32H,1H3/t19-,29?/m0/s1. The van der Waals surface area contributed by atoms with Crippen LogP contribution < -0.4 is 5.32 Å². The second-order valence-corrected chi connectivity index (χ2v) is 8.20. The molecule has 0 radical (unpaired) electrons. The van der Waals surface area contributed by atoms with Crippen molar-refractivity contribution in [3.05, 3.63) is 120 Å². The summed E-state index contributed by atoms with van der Waals surface area (Å²) in [6, 6.07) is 33.6. The molecule has 1 unspecified atom stereocenters. The lowest BCUT2D eigenvalue weighted by Crippen LogP contribution is -2.26. The van der Waals surface area contributed by atoms with Gasteiger partial charge in [-0.2, -0.15) is 0 Å². The normalized spacial score (nSPS) is 13.3. The summed E-state index contributed by atoms with van der Waals surface area (Å²) in [6.45, 7) is 2.14. The van der Waals surface area contributed by atoms with Crippen LogP contribution in [0, 0.1) is 0 Å². The topological polar surface area (TPSA) is 52.5 Å². The van der Waals surface area contributed by atoms with E-state index in [0.29, 0.717) is 0 Å². The van der Waals surface area contributed by atoms with E-state index in [1.165, 1.54) is 5.56 Å². The molecule has 0 aliphatic rings. The fourth-order valence-electron chi connectivity index (χ4n) is 4.55. The van der Waals surface area contributed by atoms with E-state index in [2.05, 4.69) is 54.7 Å². The Morgan fingerprint density at radius 1 is 0.656 bits per heavy atom. The number of phenolic OH excluding ortho intramolecular Hbond substituents is 2. The number of hydrogen-bond acceptors (Lipinski definition) is 3. The number of rotatable bonds is 5. The first-order valence-corrected chi connectivity index (χ1v) is 10.8. The van der Waals surface area contributed by atoms with Gasteiger partial charge in [-0.15, -0.1) is 0 Å². The third kappa shape index (κ3) is 3.68. The van der Waals surface area contributed by atoms with Gasteiger partial charge in [-0.1, -0.05) is 84.9 Å². The van der Waals surface area contributed by atoms with E-state index in [0.717, 1.165) is 32.7 Å². The quantitative estimate of drug-likeness (QED) is 0.292. The zero-order chi connectivity index (χ0) is 22.1. The van der Waals surface area contributed by atoms with Gasteiger partial charge in [0.15, 0.2) is 0 Å². The first-order valence-electron chi connectivity index (χ1n) is 10.8. The van der Waals surface area contributed by atoms with Gasteiger partial charge in [-0.25, -0.2) is 0 Å². The molecule has 0 fully saturated rings. The zero-order valence-corrected chi connectivity index (χ0v) is 17.9. The van der Waals surface area contributed by atoms with Crippen LogP contribution in [0.4, 0.5) is 0 Å². The van der Waals surface area contributed by atoms with E-state index in [-0.39, 0.29) is 23.6 Å². The van der Waals surface area contributed by atoms with Gasteiger partial charge >= 0.3 is 0 Å². The van der Waals surface area contributed by atoms with E-state index < -0.39 is 0 Å². The van der Waals surface area contributed by atoms with Crippen LogP contribution in [0.5, 0.6) is 11.5 Å². The van der Waals surface area contributed by atoms with Gasteiger partial charge in [0.05, 0.1) is 6.04 Å². The summed E-state index contributed by atoms with van der Waals surface area (Å²) in [6.07, 6.45) is 0. The minimum Gasteiger partial charge on any atom is -0.508 e. The van der Waals surface area contributed by atoms with Crippen molar-refractivity contribution in [1.82, 2.24) is 5.32 Å². The van der Waals surface area contributed by atoms with Crippen molar-refractivity contribution in [1.29, 1.82) is 0 Å². The van der Waals surface area contributed by atoms with E-state index in [9.17, 15) is 10.2 Å². The molecule has 32 heavy (non-hydrogen) atoms. The molecule has 5 aromatic carbocycles. The van der Waals surface area contributed by atoms with Gasteiger partial charge in [0.1, 0.15) is 11.5 Å². The fraction of sp³-hybridized carbons (Fsp3) is 0.103. The second kappa shape index (κ2) is 8.37. The zero-order valence-electron chi connectivity index (χ0n) is 17.9. The molecule has 0 saturated heterocycles. The highest BCUT2D eigenvalue weighted by Gasteiger charge is 2.24. The van der Waals surface area contributed by atoms with Gasteiger partial charge < -0.3 is 10.2 Å². The third-order valence-electron chi connectivity index (χ3n) is 6.16. The first-order chi connectivity index (χ1) is 15.6. The number of benzene rings is 5. The van der Waals surface area contributed by atoms with Gasteiger partial charge in [0.2, 0.25) is 0 Å². The maximum absolute atomic E-state index is 11.1. The molecular formula is C29H25NO2. The molecule has 3 nitrogen and oxygen atoms in total. The number of aromatic hydroxyl groups is 2. The van der Waals surface area contributed by atoms with Crippen LogP contribution in [-0.2, 0) is 0 Å². The van der Waals surface area contributed by atoms with Gasteiger partial charge in [0.25, 0.3) is 0 Å². The van der Waals surface area contributed by atoms with Crippen molar-refractivity contribution in [3.63, 3.8) is 0 Å². The van der Waals surface area contributed by atoms with Crippen molar-refractivity contribution in [2.24, 2.45) is 0 Å². The van der Waals surface area contributed by atoms with Crippen molar-refractivity contribution in [2.75, 3.05) is 0 Å². The summed E-state index contributed by atoms with van der Waals surface area (Å²) in [4.78, 5) is 0. The number of nitrogens with one attached hydrogen (secondary N) is 1. The lowest BCUT2D eigenvalue weighted by Gasteiger charge is -2.27. The summed E-state index contributed by atoms with van der Waals surface area (Å²) < 4.78 is 0. The molecule has 0 saturated carbocycles. The molecule has 0 aromatic heterocycles. The summed E-state index contributed by atoms with van der Waals surface area (Å²) in [7, 11) is 0. The van der Waals surface area contributed by atoms with Crippen molar-refractivity contribution in [3.8, 4) is 11.5 Å². The highest BCUT2D eigenvalue weighted by Crippen LogP contribution is 2.40. The van der Waals surface area contributed by atoms with Crippen LogP contribution in [0.1, 0.15) is 35.7 Å². The predicted octanol–water partition coefficient (Wildman–Crippen LogP) is 6.84. The molecule has 0 aliphatic carbocycles. The minimum atomic E-state index is -0.260. The molecule has 2 atom stereocenters. The van der Waals surface area contributed by atoms with E-state index in [4.69, 9.17) is 0 Å². The van der Waals surface area contributed by atoms with E-state index in [1.54, 1.807) is 18.2 Å². The van der Waals surface area contributed by atoms with Crippen LogP contribution in [-0.4, -0.2) is 10.2 Å². The Morgan fingerprint density at radius 2 is 1.41 bits per heavy atom. The molecule has 0 bridgehead atoms. The largest absolute Gasteiger partial charge is 0.508 e. The molecule has 158 valence electrons. The van der Waals surface area contributed by atoms with E-state index >= 15 is 0 Å². The Morgan fingerprint density at radius 3 is 2.25 bits per heavy atom. The van der Waals surface area contributed by atoms with Crippen LogP contribution >= 0.6 is 0 Å². The molecule has 0 spiro atoms. The lowest BCUT2D eigenvalue weighted by atomic mass is 9.89. The Bertz CT molecular complexity index is 1390. The molecule has 3 heteroatoms. The van der Waals surface area contributed by atoms with Crippen molar-refractivity contribution >= 4 is 21.5 Å². The maximum atomic E-state index is 11.1. The van der Waals surface area contributed by atoms with Crippen LogP contribution in [0.15, 0.2) is 103 Å². The third-order valence-corrected chi connectivity index (χ3v) is 6.16. The second-order valence-electron chi connectivity index (χ2n) is 8.20. The van der Waals surface area contributed by atoms with Crippen molar-refractivity contribution < 1.29 is 10.2 Å². The molecule has 0 aliphatic heterocycles. The van der Waals surface area contributed by atoms with Crippen LogP contribution in [0.2, 0.25) is 0 Å². The maximum Gasteiger partial charge on any atom is 0.121 e. The summed E-state index contributed by atoms with van der Waals surface area (Å²) in [5.74, 6) is 0.440. The average Bonchev–Trinajstić information content (AvgIpc) is 2.83. The average molecular weight is 420 g/mol. The Kier molecular flexibility index (Phi) is 5.26. The summed E-state index contributed by atoms with van der Waals surface area (Å²) >= 11 is 0. The SMILES string of the molecule is C[C@H](NC(c1cccc2ccccc12)c1c(O)ccc2cc(O)ccc12)c1ccccc1. The van der Waals surface area contributed by atoms with Gasteiger partial charge in [0, 0.05) is 11.6 Å². The Hall–Kier alpha value is -3.82. The van der Waals surface area contributed by atoms with Gasteiger partial charge in [-0.3, -0.25) is 5.32 Å². The number of phenols is 2. The molecule has 0 heterocycles. The molecule has 5 aromatic rings. The first kappa shape index (κ1) is 20.1. The van der Waals surface area contributed by atoms with E-state index in [1.807, 2.05) is 42.5 Å².